The molecule has 0 atom stereocenters. The van der Waals surface area contributed by atoms with Crippen molar-refractivity contribution in [1.29, 1.82) is 0 Å². The first-order valence-electron chi connectivity index (χ1n) is 9.04. The zero-order valence-electron chi connectivity index (χ0n) is 16.4. The van der Waals surface area contributed by atoms with Crippen molar-refractivity contribution in [3.8, 4) is 0 Å². The highest BCUT2D eigenvalue weighted by molar-refractivity contribution is 6.31. The number of anilines is 1. The van der Waals surface area contributed by atoms with Crippen molar-refractivity contribution in [2.24, 2.45) is 0 Å². The Morgan fingerprint density at radius 2 is 1.68 bits per heavy atom. The van der Waals surface area contributed by atoms with Crippen LogP contribution in [0, 0.1) is 33.5 Å². The van der Waals surface area contributed by atoms with Gasteiger partial charge >= 0.3 is 0 Å². The highest BCUT2D eigenvalue weighted by Crippen LogP contribution is 2.22. The zero-order valence-corrected chi connectivity index (χ0v) is 17.1. The molecule has 0 spiro atoms. The Balaban J connectivity index is 1.66. The Morgan fingerprint density at radius 3 is 2.29 bits per heavy atom. The lowest BCUT2D eigenvalue weighted by atomic mass is 10.2. The number of benzene rings is 1. The van der Waals surface area contributed by atoms with Gasteiger partial charge in [0.1, 0.15) is 5.82 Å². The third-order valence-electron chi connectivity index (χ3n) is 4.74. The summed E-state index contributed by atoms with van der Waals surface area (Å²) >= 11 is 6.15. The van der Waals surface area contributed by atoms with Crippen molar-refractivity contribution < 1.29 is 9.18 Å². The van der Waals surface area contributed by atoms with Crippen LogP contribution in [0.1, 0.15) is 34.8 Å². The number of rotatable bonds is 6. The summed E-state index contributed by atoms with van der Waals surface area (Å²) in [5, 5.41) is 12.4. The molecule has 0 unspecified atom stereocenters. The molecular formula is C20H23ClFN5O. The van der Waals surface area contributed by atoms with Crippen molar-refractivity contribution in [2.45, 2.75) is 47.2 Å². The first-order chi connectivity index (χ1) is 13.3. The van der Waals surface area contributed by atoms with Crippen molar-refractivity contribution >= 4 is 23.2 Å². The van der Waals surface area contributed by atoms with Gasteiger partial charge in [-0.3, -0.25) is 14.2 Å². The highest BCUT2D eigenvalue weighted by Gasteiger charge is 2.16. The molecule has 1 N–H and O–H groups in total. The summed E-state index contributed by atoms with van der Waals surface area (Å²) in [5.74, 6) is -0.384. The van der Waals surface area contributed by atoms with Gasteiger partial charge in [0.15, 0.2) is 0 Å². The van der Waals surface area contributed by atoms with Gasteiger partial charge < -0.3 is 5.32 Å². The smallest absolute Gasteiger partial charge is 0.226 e. The third-order valence-corrected chi connectivity index (χ3v) is 5.28. The van der Waals surface area contributed by atoms with Gasteiger partial charge in [0.2, 0.25) is 5.91 Å². The lowest BCUT2D eigenvalue weighted by Crippen LogP contribution is -2.16. The van der Waals surface area contributed by atoms with Crippen molar-refractivity contribution in [3.05, 3.63) is 63.4 Å². The summed E-state index contributed by atoms with van der Waals surface area (Å²) < 4.78 is 16.6. The van der Waals surface area contributed by atoms with Crippen molar-refractivity contribution in [1.82, 2.24) is 19.6 Å². The molecule has 0 fully saturated rings. The summed E-state index contributed by atoms with van der Waals surface area (Å²) in [7, 11) is 0. The quantitative estimate of drug-likeness (QED) is 0.671. The van der Waals surface area contributed by atoms with Gasteiger partial charge in [-0.15, -0.1) is 0 Å². The maximum Gasteiger partial charge on any atom is 0.226 e. The van der Waals surface area contributed by atoms with E-state index in [1.165, 1.54) is 12.1 Å². The molecule has 3 rings (SSSR count). The molecule has 0 saturated carbocycles. The maximum atomic E-state index is 13.1. The second kappa shape index (κ2) is 8.14. The molecule has 0 saturated heterocycles. The van der Waals surface area contributed by atoms with E-state index in [2.05, 4.69) is 15.5 Å². The van der Waals surface area contributed by atoms with Crippen LogP contribution in [0.25, 0.3) is 0 Å². The second-order valence-corrected chi connectivity index (χ2v) is 7.21. The van der Waals surface area contributed by atoms with Gasteiger partial charge in [0, 0.05) is 6.42 Å². The molecule has 0 bridgehead atoms. The number of carbonyl (C=O) groups is 1. The fourth-order valence-electron chi connectivity index (χ4n) is 3.10. The SMILES string of the molecule is Cc1nn(CCC(=O)Nc2c(C)nn(Cc3ccc(F)cc3)c2C)c(C)c1Cl. The van der Waals surface area contributed by atoms with Gasteiger partial charge in [0.05, 0.1) is 46.6 Å². The van der Waals surface area contributed by atoms with E-state index in [1.54, 1.807) is 21.5 Å². The molecular weight excluding hydrogens is 381 g/mol. The number of hydrogen-bond donors (Lipinski definition) is 1. The van der Waals surface area contributed by atoms with E-state index in [0.29, 0.717) is 23.8 Å². The molecule has 2 aromatic heterocycles. The molecule has 2 heterocycles. The van der Waals surface area contributed by atoms with E-state index in [9.17, 15) is 9.18 Å². The van der Waals surface area contributed by atoms with Gasteiger partial charge in [-0.1, -0.05) is 23.7 Å². The van der Waals surface area contributed by atoms with E-state index in [-0.39, 0.29) is 18.1 Å². The van der Waals surface area contributed by atoms with Crippen molar-refractivity contribution in [2.75, 3.05) is 5.32 Å². The van der Waals surface area contributed by atoms with Gasteiger partial charge in [-0.2, -0.15) is 10.2 Å². The molecule has 0 aliphatic carbocycles. The third kappa shape index (κ3) is 4.25. The lowest BCUT2D eigenvalue weighted by Gasteiger charge is -2.08. The van der Waals surface area contributed by atoms with Crippen LogP contribution >= 0.6 is 11.6 Å². The molecule has 0 aliphatic heterocycles. The monoisotopic (exact) mass is 403 g/mol. The average molecular weight is 404 g/mol. The Kier molecular flexibility index (Phi) is 5.84. The maximum absolute atomic E-state index is 13.1. The standard InChI is InChI=1S/C20H23ClFN5O/c1-12-19(21)14(3)26(24-12)10-9-18(28)23-20-13(2)25-27(15(20)4)11-16-5-7-17(22)8-6-16/h5-8H,9-11H2,1-4H3,(H,23,28). The van der Waals surface area contributed by atoms with E-state index in [4.69, 9.17) is 11.6 Å². The van der Waals surface area contributed by atoms with Gasteiger partial charge in [-0.05, 0) is 45.4 Å². The fraction of sp³-hybridized carbons (Fsp3) is 0.350. The number of hydrogen-bond acceptors (Lipinski definition) is 3. The number of carbonyl (C=O) groups excluding carboxylic acids is 1. The number of nitrogens with zero attached hydrogens (tertiary/aromatic N) is 4. The molecule has 3 aromatic rings. The van der Waals surface area contributed by atoms with Gasteiger partial charge in [-0.25, -0.2) is 4.39 Å². The number of nitrogens with one attached hydrogen (secondary N) is 1. The summed E-state index contributed by atoms with van der Waals surface area (Å²) in [6.45, 7) is 8.44. The van der Waals surface area contributed by atoms with E-state index < -0.39 is 0 Å². The van der Waals surface area contributed by atoms with Crippen LogP contribution in [0.2, 0.25) is 5.02 Å². The zero-order chi connectivity index (χ0) is 20.4. The van der Waals surface area contributed by atoms with Crippen LogP contribution in [0.15, 0.2) is 24.3 Å². The number of aryl methyl sites for hydroxylation is 3. The summed E-state index contributed by atoms with van der Waals surface area (Å²) in [5.41, 5.74) is 4.84. The average Bonchev–Trinajstić information content (AvgIpc) is 3.06. The Morgan fingerprint density at radius 1 is 1.04 bits per heavy atom. The minimum atomic E-state index is -0.269. The summed E-state index contributed by atoms with van der Waals surface area (Å²) in [4.78, 5) is 12.4. The van der Waals surface area contributed by atoms with Crippen LogP contribution in [-0.2, 0) is 17.9 Å². The highest BCUT2D eigenvalue weighted by atomic mass is 35.5. The van der Waals surface area contributed by atoms with Crippen LogP contribution in [0.3, 0.4) is 0 Å². The Labute approximate surface area is 168 Å². The van der Waals surface area contributed by atoms with Crippen LogP contribution < -0.4 is 5.32 Å². The molecule has 8 heteroatoms. The first-order valence-corrected chi connectivity index (χ1v) is 9.42. The predicted octanol–water partition coefficient (Wildman–Crippen LogP) is 4.18. The Bertz CT molecular complexity index is 1010. The topological polar surface area (TPSA) is 64.7 Å². The van der Waals surface area contributed by atoms with Crippen molar-refractivity contribution in [3.63, 3.8) is 0 Å². The summed E-state index contributed by atoms with van der Waals surface area (Å²) in [6.07, 6.45) is 0.278. The molecule has 0 radical (unpaired) electrons. The number of amides is 1. The summed E-state index contributed by atoms with van der Waals surface area (Å²) in [6, 6.07) is 6.30. The normalized spacial score (nSPS) is 11.1. The van der Waals surface area contributed by atoms with Crippen LogP contribution in [-0.4, -0.2) is 25.5 Å². The Hall–Kier alpha value is -2.67. The largest absolute Gasteiger partial charge is 0.323 e. The molecule has 148 valence electrons. The minimum Gasteiger partial charge on any atom is -0.323 e. The predicted molar refractivity (Wildman–Crippen MR) is 107 cm³/mol. The first kappa shape index (κ1) is 20.1. The van der Waals surface area contributed by atoms with E-state index >= 15 is 0 Å². The fourth-order valence-corrected chi connectivity index (χ4v) is 3.23. The number of halogens is 2. The number of aromatic nitrogens is 4. The second-order valence-electron chi connectivity index (χ2n) is 6.84. The van der Waals surface area contributed by atoms with Gasteiger partial charge in [0.25, 0.3) is 0 Å². The van der Waals surface area contributed by atoms with Crippen LogP contribution in [0.5, 0.6) is 0 Å². The molecule has 28 heavy (non-hydrogen) atoms. The molecule has 0 aliphatic rings. The molecule has 1 amide bonds. The van der Waals surface area contributed by atoms with E-state index in [0.717, 1.165) is 28.3 Å². The van der Waals surface area contributed by atoms with E-state index in [1.807, 2.05) is 27.7 Å². The van der Waals surface area contributed by atoms with Crippen LogP contribution in [0.4, 0.5) is 10.1 Å². The molecule has 1 aromatic carbocycles. The molecule has 6 nitrogen and oxygen atoms in total. The minimum absolute atomic E-state index is 0.115. The lowest BCUT2D eigenvalue weighted by molar-refractivity contribution is -0.116.